The Morgan fingerprint density at radius 2 is 1.61 bits per heavy atom. The fraction of sp³-hybridized carbons (Fsp3) is 0.929. The van der Waals surface area contributed by atoms with E-state index >= 15 is 0 Å². The average molecular weight is 273 g/mol. The molecule has 4 fully saturated rings. The number of hydrogen-bond acceptors (Lipinski definition) is 2. The number of carbonyl (C=O) groups excluding carboxylic acids is 1. The van der Waals surface area contributed by atoms with Gasteiger partial charge in [-0.2, -0.15) is 0 Å². The van der Waals surface area contributed by atoms with Crippen molar-refractivity contribution in [3.63, 3.8) is 0 Å². The van der Waals surface area contributed by atoms with Crippen LogP contribution in [0.2, 0.25) is 0 Å². The van der Waals surface area contributed by atoms with E-state index in [9.17, 15) is 4.79 Å². The highest BCUT2D eigenvalue weighted by molar-refractivity contribution is 5.85. The summed E-state index contributed by atoms with van der Waals surface area (Å²) in [5.41, 5.74) is 5.90. The first-order valence-corrected chi connectivity index (χ1v) is 7.04. The van der Waals surface area contributed by atoms with Gasteiger partial charge in [-0.25, -0.2) is 0 Å². The molecule has 4 rings (SSSR count). The van der Waals surface area contributed by atoms with Crippen molar-refractivity contribution in [2.75, 3.05) is 20.1 Å². The van der Waals surface area contributed by atoms with Gasteiger partial charge < -0.3 is 10.6 Å². The first-order chi connectivity index (χ1) is 8.10. The molecule has 0 aromatic carbocycles. The van der Waals surface area contributed by atoms with E-state index in [1.54, 1.807) is 0 Å². The van der Waals surface area contributed by atoms with Gasteiger partial charge in [0.15, 0.2) is 0 Å². The normalized spacial score (nSPS) is 40.4. The lowest BCUT2D eigenvalue weighted by Crippen LogP contribution is -2.52. The van der Waals surface area contributed by atoms with Gasteiger partial charge in [0.1, 0.15) is 0 Å². The van der Waals surface area contributed by atoms with Crippen molar-refractivity contribution in [2.24, 2.45) is 28.9 Å². The van der Waals surface area contributed by atoms with Crippen molar-refractivity contribution in [3.8, 4) is 0 Å². The lowest BCUT2D eigenvalue weighted by molar-refractivity contribution is -0.133. The molecule has 104 valence electrons. The van der Waals surface area contributed by atoms with Crippen LogP contribution in [0, 0.1) is 23.2 Å². The number of carbonyl (C=O) groups is 1. The van der Waals surface area contributed by atoms with Crippen LogP contribution in [0.5, 0.6) is 0 Å². The quantitative estimate of drug-likeness (QED) is 0.855. The van der Waals surface area contributed by atoms with Gasteiger partial charge in [0.25, 0.3) is 0 Å². The van der Waals surface area contributed by atoms with Gasteiger partial charge in [0.2, 0.25) is 5.91 Å². The van der Waals surface area contributed by atoms with Gasteiger partial charge in [-0.05, 0) is 61.7 Å². The van der Waals surface area contributed by atoms with Crippen molar-refractivity contribution in [1.82, 2.24) is 4.90 Å². The Morgan fingerprint density at radius 3 is 2.00 bits per heavy atom. The molecule has 0 aromatic rings. The van der Waals surface area contributed by atoms with E-state index in [-0.39, 0.29) is 24.9 Å². The monoisotopic (exact) mass is 272 g/mol. The number of rotatable bonds is 3. The van der Waals surface area contributed by atoms with Gasteiger partial charge >= 0.3 is 0 Å². The standard InChI is InChI=1S/C14H24N2O.ClH/c1-16(13(17)8-15)9-14-5-10-2-11(6-14)4-12(3-10)7-14;/h10-12H,2-9,15H2,1H3;1H. The topological polar surface area (TPSA) is 46.3 Å². The Morgan fingerprint density at radius 1 is 1.17 bits per heavy atom. The van der Waals surface area contributed by atoms with Crippen molar-refractivity contribution in [2.45, 2.75) is 38.5 Å². The van der Waals surface area contributed by atoms with Crippen LogP contribution in [-0.2, 0) is 4.79 Å². The van der Waals surface area contributed by atoms with Gasteiger partial charge in [-0.15, -0.1) is 12.4 Å². The first kappa shape index (κ1) is 14.1. The number of hydrogen-bond donors (Lipinski definition) is 1. The summed E-state index contributed by atoms with van der Waals surface area (Å²) < 4.78 is 0. The van der Waals surface area contributed by atoms with Crippen molar-refractivity contribution in [1.29, 1.82) is 0 Å². The molecule has 4 bridgehead atoms. The minimum atomic E-state index is 0. The van der Waals surface area contributed by atoms with Crippen molar-refractivity contribution < 1.29 is 4.79 Å². The van der Waals surface area contributed by atoms with Gasteiger partial charge in [-0.1, -0.05) is 0 Å². The molecule has 0 aromatic heterocycles. The van der Waals surface area contributed by atoms with E-state index in [0.29, 0.717) is 5.41 Å². The first-order valence-electron chi connectivity index (χ1n) is 7.04. The molecule has 4 aliphatic rings. The van der Waals surface area contributed by atoms with Crippen LogP contribution in [0.1, 0.15) is 38.5 Å². The van der Waals surface area contributed by atoms with Crippen molar-refractivity contribution in [3.05, 3.63) is 0 Å². The minimum absolute atomic E-state index is 0. The molecule has 0 spiro atoms. The molecule has 0 saturated heterocycles. The van der Waals surface area contributed by atoms with Gasteiger partial charge in [0, 0.05) is 13.6 Å². The molecule has 3 nitrogen and oxygen atoms in total. The van der Waals surface area contributed by atoms with E-state index in [4.69, 9.17) is 5.73 Å². The Kier molecular flexibility index (Phi) is 3.93. The molecule has 2 N–H and O–H groups in total. The zero-order valence-electron chi connectivity index (χ0n) is 11.2. The van der Waals surface area contributed by atoms with E-state index in [2.05, 4.69) is 0 Å². The Hall–Kier alpha value is -0.280. The molecule has 0 unspecified atom stereocenters. The van der Waals surface area contributed by atoms with Crippen LogP contribution >= 0.6 is 12.4 Å². The van der Waals surface area contributed by atoms with E-state index in [1.165, 1.54) is 38.5 Å². The largest absolute Gasteiger partial charge is 0.344 e. The molecule has 1 amide bonds. The Balaban J connectivity index is 0.00000120. The number of likely N-dealkylation sites (N-methyl/N-ethyl adjacent to an activating group) is 1. The molecule has 0 aliphatic heterocycles. The summed E-state index contributed by atoms with van der Waals surface area (Å²) >= 11 is 0. The van der Waals surface area contributed by atoms with Crippen LogP contribution in [0.25, 0.3) is 0 Å². The molecule has 0 heterocycles. The molecule has 0 radical (unpaired) electrons. The summed E-state index contributed by atoms with van der Waals surface area (Å²) in [7, 11) is 1.92. The SMILES string of the molecule is CN(CC12CC3CC(CC(C3)C1)C2)C(=O)CN.Cl. The van der Waals surface area contributed by atoms with E-state index in [1.807, 2.05) is 11.9 Å². The van der Waals surface area contributed by atoms with Gasteiger partial charge in [0.05, 0.1) is 6.54 Å². The summed E-state index contributed by atoms with van der Waals surface area (Å²) in [6.45, 7) is 1.11. The summed E-state index contributed by atoms with van der Waals surface area (Å²) in [4.78, 5) is 13.5. The number of nitrogens with zero attached hydrogens (tertiary/aromatic N) is 1. The second-order valence-corrected chi connectivity index (χ2v) is 6.87. The van der Waals surface area contributed by atoms with Crippen LogP contribution < -0.4 is 5.73 Å². The lowest BCUT2D eigenvalue weighted by atomic mass is 9.49. The third-order valence-electron chi connectivity index (χ3n) is 5.34. The van der Waals surface area contributed by atoms with E-state index < -0.39 is 0 Å². The highest BCUT2D eigenvalue weighted by atomic mass is 35.5. The van der Waals surface area contributed by atoms with Crippen LogP contribution in [-0.4, -0.2) is 30.9 Å². The van der Waals surface area contributed by atoms with Crippen molar-refractivity contribution >= 4 is 18.3 Å². The molecule has 0 atom stereocenters. The molecule has 4 saturated carbocycles. The summed E-state index contributed by atoms with van der Waals surface area (Å²) in [6.07, 6.45) is 8.49. The second-order valence-electron chi connectivity index (χ2n) is 6.87. The zero-order chi connectivity index (χ0) is 12.0. The zero-order valence-corrected chi connectivity index (χ0v) is 12.0. The molecule has 4 aliphatic carbocycles. The van der Waals surface area contributed by atoms with Crippen LogP contribution in [0.3, 0.4) is 0 Å². The molecule has 4 heteroatoms. The summed E-state index contributed by atoms with van der Waals surface area (Å²) in [5.74, 6) is 2.98. The summed E-state index contributed by atoms with van der Waals surface area (Å²) in [5, 5.41) is 0. The maximum absolute atomic E-state index is 11.6. The molecule has 18 heavy (non-hydrogen) atoms. The highest BCUT2D eigenvalue weighted by Gasteiger charge is 2.51. The Bertz CT molecular complexity index is 296. The third kappa shape index (κ3) is 2.39. The minimum Gasteiger partial charge on any atom is -0.344 e. The maximum Gasteiger partial charge on any atom is 0.236 e. The molecular weight excluding hydrogens is 248 g/mol. The lowest BCUT2D eigenvalue weighted by Gasteiger charge is -2.57. The van der Waals surface area contributed by atoms with Crippen LogP contribution in [0.15, 0.2) is 0 Å². The fourth-order valence-electron chi connectivity index (χ4n) is 5.23. The highest BCUT2D eigenvalue weighted by Crippen LogP contribution is 2.60. The molecular formula is C14H25ClN2O. The predicted octanol–water partition coefficient (Wildman–Crippen LogP) is 2.04. The van der Waals surface area contributed by atoms with Crippen LogP contribution in [0.4, 0.5) is 0 Å². The summed E-state index contributed by atoms with van der Waals surface area (Å²) in [6, 6.07) is 0. The predicted molar refractivity (Wildman–Crippen MR) is 74.5 cm³/mol. The van der Waals surface area contributed by atoms with E-state index in [0.717, 1.165) is 24.3 Å². The third-order valence-corrected chi connectivity index (χ3v) is 5.34. The second kappa shape index (κ2) is 5.01. The maximum atomic E-state index is 11.6. The average Bonchev–Trinajstić information content (AvgIpc) is 2.25. The fourth-order valence-corrected chi connectivity index (χ4v) is 5.23. The van der Waals surface area contributed by atoms with Gasteiger partial charge in [-0.3, -0.25) is 4.79 Å². The number of nitrogens with two attached hydrogens (primary N) is 1. The Labute approximate surface area is 116 Å². The number of halogens is 1. The number of amides is 1. The smallest absolute Gasteiger partial charge is 0.236 e.